The lowest BCUT2D eigenvalue weighted by Gasteiger charge is -2.21. The molecule has 2 N–H and O–H groups in total. The minimum atomic E-state index is -0.850. The maximum absolute atomic E-state index is 11.8. The number of aromatic nitrogens is 1. The SMILES string of the molecule is CC(=O)N[C@H](c1ccc2c(c1)OCO2)c1cc([N+](=O)[O-])c2cccnc2c1O. The number of hydrogen-bond acceptors (Lipinski definition) is 7. The van der Waals surface area contributed by atoms with Crippen molar-refractivity contribution in [2.75, 3.05) is 6.79 Å². The second kappa shape index (κ2) is 6.69. The topological polar surface area (TPSA) is 124 Å². The minimum Gasteiger partial charge on any atom is -0.505 e. The van der Waals surface area contributed by atoms with E-state index in [2.05, 4.69) is 10.3 Å². The summed E-state index contributed by atoms with van der Waals surface area (Å²) in [5, 5.41) is 25.3. The van der Waals surface area contributed by atoms with Crippen LogP contribution in [0.1, 0.15) is 24.1 Å². The zero-order valence-corrected chi connectivity index (χ0v) is 14.7. The molecule has 2 heterocycles. The van der Waals surface area contributed by atoms with E-state index in [-0.39, 0.29) is 40.6 Å². The number of fused-ring (bicyclic) bond motifs is 2. The summed E-state index contributed by atoms with van der Waals surface area (Å²) in [5.74, 6) is 0.435. The van der Waals surface area contributed by atoms with Crippen LogP contribution >= 0.6 is 0 Å². The lowest BCUT2D eigenvalue weighted by Crippen LogP contribution is -2.27. The number of non-ortho nitro benzene ring substituents is 1. The first-order valence-corrected chi connectivity index (χ1v) is 8.37. The molecule has 0 saturated carbocycles. The standard InChI is InChI=1S/C19H15N3O6/c1-10(23)21-17(11-4-5-15-16(7-11)28-9-27-15)13-8-14(22(25)26)12-3-2-6-20-18(12)19(13)24/h2-8,17,24H,9H2,1H3,(H,21,23)/t17-/m1/s1. The van der Waals surface area contributed by atoms with E-state index in [0.717, 1.165) is 0 Å². The number of carbonyl (C=O) groups excluding carboxylic acids is 1. The molecular formula is C19H15N3O6. The number of rotatable bonds is 4. The van der Waals surface area contributed by atoms with Gasteiger partial charge in [-0.1, -0.05) is 6.07 Å². The van der Waals surface area contributed by atoms with E-state index < -0.39 is 11.0 Å². The maximum atomic E-state index is 11.8. The molecule has 1 amide bonds. The van der Waals surface area contributed by atoms with Crippen molar-refractivity contribution in [2.24, 2.45) is 0 Å². The molecule has 142 valence electrons. The number of phenols is 1. The van der Waals surface area contributed by atoms with Crippen LogP contribution in [0.25, 0.3) is 10.9 Å². The van der Waals surface area contributed by atoms with E-state index >= 15 is 0 Å². The Labute approximate surface area is 158 Å². The highest BCUT2D eigenvalue weighted by Crippen LogP contribution is 2.41. The number of nitro groups is 1. The molecule has 1 aliphatic heterocycles. The van der Waals surface area contributed by atoms with Gasteiger partial charge in [0.15, 0.2) is 11.5 Å². The molecule has 0 fully saturated rings. The van der Waals surface area contributed by atoms with Crippen molar-refractivity contribution < 1.29 is 24.3 Å². The normalized spacial score (nSPS) is 13.3. The summed E-state index contributed by atoms with van der Waals surface area (Å²) in [4.78, 5) is 27.0. The second-order valence-electron chi connectivity index (χ2n) is 6.24. The number of carbonyl (C=O) groups is 1. The molecule has 9 nitrogen and oxygen atoms in total. The van der Waals surface area contributed by atoms with Crippen LogP contribution in [0.4, 0.5) is 5.69 Å². The van der Waals surface area contributed by atoms with E-state index in [9.17, 15) is 20.0 Å². The number of pyridine rings is 1. The van der Waals surface area contributed by atoms with Crippen molar-refractivity contribution in [1.29, 1.82) is 0 Å². The Hall–Kier alpha value is -3.88. The fourth-order valence-corrected chi connectivity index (χ4v) is 3.24. The van der Waals surface area contributed by atoms with Gasteiger partial charge in [-0.15, -0.1) is 0 Å². The predicted molar refractivity (Wildman–Crippen MR) is 98.3 cm³/mol. The van der Waals surface area contributed by atoms with Crippen LogP contribution in [0.2, 0.25) is 0 Å². The summed E-state index contributed by atoms with van der Waals surface area (Å²) >= 11 is 0. The van der Waals surface area contributed by atoms with Crippen LogP contribution in [0.3, 0.4) is 0 Å². The minimum absolute atomic E-state index is 0.0835. The quantitative estimate of drug-likeness (QED) is 0.526. The highest BCUT2D eigenvalue weighted by Gasteiger charge is 2.27. The van der Waals surface area contributed by atoms with Gasteiger partial charge in [0, 0.05) is 24.8 Å². The molecule has 28 heavy (non-hydrogen) atoms. The van der Waals surface area contributed by atoms with Crippen molar-refractivity contribution in [3.05, 3.63) is 63.8 Å². The van der Waals surface area contributed by atoms with Crippen LogP contribution in [-0.2, 0) is 4.79 Å². The maximum Gasteiger partial charge on any atom is 0.279 e. The Kier molecular flexibility index (Phi) is 4.19. The number of benzene rings is 2. The van der Waals surface area contributed by atoms with E-state index in [1.165, 1.54) is 25.3 Å². The Morgan fingerprint density at radius 3 is 2.82 bits per heavy atom. The first-order valence-electron chi connectivity index (χ1n) is 8.37. The van der Waals surface area contributed by atoms with Crippen molar-refractivity contribution in [3.8, 4) is 17.2 Å². The third kappa shape index (κ3) is 2.92. The van der Waals surface area contributed by atoms with E-state index in [1.807, 2.05) is 0 Å². The van der Waals surface area contributed by atoms with E-state index in [4.69, 9.17) is 9.47 Å². The van der Waals surface area contributed by atoms with Crippen LogP contribution < -0.4 is 14.8 Å². The molecule has 0 saturated heterocycles. The van der Waals surface area contributed by atoms with Gasteiger partial charge in [0.1, 0.15) is 11.3 Å². The van der Waals surface area contributed by atoms with Crippen LogP contribution in [0, 0.1) is 10.1 Å². The molecule has 2 aromatic carbocycles. The number of hydrogen-bond donors (Lipinski definition) is 2. The predicted octanol–water partition coefficient (Wildman–Crippen LogP) is 2.80. The number of ether oxygens (including phenoxy) is 2. The smallest absolute Gasteiger partial charge is 0.279 e. The van der Waals surface area contributed by atoms with Crippen molar-refractivity contribution >= 4 is 22.5 Å². The van der Waals surface area contributed by atoms with E-state index in [0.29, 0.717) is 17.1 Å². The number of phenolic OH excluding ortho intramolecular Hbond substituents is 1. The van der Waals surface area contributed by atoms with Crippen molar-refractivity contribution in [2.45, 2.75) is 13.0 Å². The van der Waals surface area contributed by atoms with Gasteiger partial charge in [0.2, 0.25) is 12.7 Å². The number of nitrogens with one attached hydrogen (secondary N) is 1. The summed E-state index contributed by atoms with van der Waals surface area (Å²) in [5.41, 5.74) is 0.598. The number of amides is 1. The largest absolute Gasteiger partial charge is 0.505 e. The van der Waals surface area contributed by atoms with Crippen molar-refractivity contribution in [3.63, 3.8) is 0 Å². The number of nitro benzene ring substituents is 1. The second-order valence-corrected chi connectivity index (χ2v) is 6.24. The number of nitrogens with zero attached hydrogens (tertiary/aromatic N) is 2. The molecule has 0 bridgehead atoms. The Bertz CT molecular complexity index is 1110. The average molecular weight is 381 g/mol. The van der Waals surface area contributed by atoms with Gasteiger partial charge in [-0.05, 0) is 29.8 Å². The first kappa shape index (κ1) is 17.5. The molecule has 0 aliphatic carbocycles. The van der Waals surface area contributed by atoms with Crippen LogP contribution in [-0.4, -0.2) is 27.7 Å². The van der Waals surface area contributed by atoms with Crippen LogP contribution in [0.15, 0.2) is 42.6 Å². The zero-order valence-electron chi connectivity index (χ0n) is 14.7. The average Bonchev–Trinajstić information content (AvgIpc) is 3.14. The summed E-state index contributed by atoms with van der Waals surface area (Å²) < 4.78 is 10.7. The first-order chi connectivity index (χ1) is 13.5. The van der Waals surface area contributed by atoms with Gasteiger partial charge < -0.3 is 19.9 Å². The summed E-state index contributed by atoms with van der Waals surface area (Å²) in [6, 6.07) is 8.51. The molecular weight excluding hydrogens is 366 g/mol. The zero-order chi connectivity index (χ0) is 19.8. The van der Waals surface area contributed by atoms with Gasteiger partial charge in [0.05, 0.1) is 16.4 Å². The van der Waals surface area contributed by atoms with Gasteiger partial charge in [0.25, 0.3) is 5.69 Å². The Morgan fingerprint density at radius 1 is 1.29 bits per heavy atom. The third-order valence-corrected chi connectivity index (χ3v) is 4.46. The molecule has 1 aliphatic rings. The van der Waals surface area contributed by atoms with Gasteiger partial charge >= 0.3 is 0 Å². The van der Waals surface area contributed by atoms with Gasteiger partial charge in [-0.3, -0.25) is 19.9 Å². The summed E-state index contributed by atoms with van der Waals surface area (Å²) in [7, 11) is 0. The third-order valence-electron chi connectivity index (χ3n) is 4.46. The molecule has 1 atom stereocenters. The van der Waals surface area contributed by atoms with Gasteiger partial charge in [-0.2, -0.15) is 0 Å². The molecule has 0 radical (unpaired) electrons. The molecule has 4 rings (SSSR count). The van der Waals surface area contributed by atoms with Gasteiger partial charge in [-0.25, -0.2) is 0 Å². The fourth-order valence-electron chi connectivity index (χ4n) is 3.24. The molecule has 0 unspecified atom stereocenters. The lowest BCUT2D eigenvalue weighted by molar-refractivity contribution is -0.383. The lowest BCUT2D eigenvalue weighted by atomic mass is 9.95. The van der Waals surface area contributed by atoms with Crippen molar-refractivity contribution in [1.82, 2.24) is 10.3 Å². The molecule has 0 spiro atoms. The fraction of sp³-hybridized carbons (Fsp3) is 0.158. The summed E-state index contributed by atoms with van der Waals surface area (Å²) in [6.07, 6.45) is 1.43. The number of aromatic hydroxyl groups is 1. The summed E-state index contributed by atoms with van der Waals surface area (Å²) in [6.45, 7) is 1.41. The Balaban J connectivity index is 1.94. The van der Waals surface area contributed by atoms with Crippen LogP contribution in [0.5, 0.6) is 17.2 Å². The highest BCUT2D eigenvalue weighted by atomic mass is 16.7. The molecule has 1 aromatic heterocycles. The molecule has 9 heteroatoms. The van der Waals surface area contributed by atoms with E-state index in [1.54, 1.807) is 24.3 Å². The Morgan fingerprint density at radius 2 is 2.07 bits per heavy atom. The molecule has 3 aromatic rings. The monoisotopic (exact) mass is 381 g/mol. The highest BCUT2D eigenvalue weighted by molar-refractivity contribution is 5.93.